The van der Waals surface area contributed by atoms with Crippen LogP contribution in [0.1, 0.15) is 35.7 Å². The Bertz CT molecular complexity index is 532. The Morgan fingerprint density at radius 3 is 2.86 bits per heavy atom. The number of aliphatic hydroxyl groups excluding tert-OH is 1. The highest BCUT2D eigenvalue weighted by Gasteiger charge is 2.29. The number of hydrogen-bond donors (Lipinski definition) is 1. The fraction of sp³-hybridized carbons (Fsp3) is 0.562. The van der Waals surface area contributed by atoms with E-state index in [2.05, 4.69) is 6.92 Å². The van der Waals surface area contributed by atoms with E-state index in [0.717, 1.165) is 18.4 Å². The second-order valence-electron chi connectivity index (χ2n) is 5.85. The van der Waals surface area contributed by atoms with Crippen molar-refractivity contribution in [2.45, 2.75) is 31.6 Å². The zero-order valence-corrected chi connectivity index (χ0v) is 13.4. The molecule has 0 aromatic heterocycles. The van der Waals surface area contributed by atoms with Gasteiger partial charge in [0.15, 0.2) is 0 Å². The summed E-state index contributed by atoms with van der Waals surface area (Å²) in [6, 6.07) is 7.57. The molecule has 4 nitrogen and oxygen atoms in total. The SMILES string of the molecule is CC1CCC(CO)CN1C(=O)c1cccc(CS(C)=O)c1. The van der Waals surface area contributed by atoms with Gasteiger partial charge in [-0.25, -0.2) is 0 Å². The first-order chi connectivity index (χ1) is 10.0. The fourth-order valence-corrected chi connectivity index (χ4v) is 3.46. The summed E-state index contributed by atoms with van der Waals surface area (Å²) < 4.78 is 11.3. The molecule has 1 N–H and O–H groups in total. The lowest BCUT2D eigenvalue weighted by Crippen LogP contribution is -2.46. The Labute approximate surface area is 128 Å². The number of benzene rings is 1. The molecule has 2 rings (SSSR count). The zero-order valence-electron chi connectivity index (χ0n) is 12.6. The van der Waals surface area contributed by atoms with Gasteiger partial charge in [-0.05, 0) is 43.4 Å². The van der Waals surface area contributed by atoms with Crippen LogP contribution in [0.3, 0.4) is 0 Å². The lowest BCUT2D eigenvalue weighted by Gasteiger charge is -2.37. The van der Waals surface area contributed by atoms with Crippen LogP contribution >= 0.6 is 0 Å². The van der Waals surface area contributed by atoms with E-state index in [9.17, 15) is 14.1 Å². The first kappa shape index (κ1) is 16.2. The van der Waals surface area contributed by atoms with E-state index in [1.807, 2.05) is 23.1 Å². The largest absolute Gasteiger partial charge is 0.396 e. The third-order valence-electron chi connectivity index (χ3n) is 4.04. The molecule has 5 heteroatoms. The minimum absolute atomic E-state index is 0.00406. The van der Waals surface area contributed by atoms with Gasteiger partial charge < -0.3 is 10.0 Å². The second kappa shape index (κ2) is 7.18. The molecule has 1 heterocycles. The van der Waals surface area contributed by atoms with Crippen molar-refractivity contribution in [1.29, 1.82) is 0 Å². The van der Waals surface area contributed by atoms with Gasteiger partial charge in [0.25, 0.3) is 5.91 Å². The average Bonchev–Trinajstić information content (AvgIpc) is 2.46. The van der Waals surface area contributed by atoms with E-state index >= 15 is 0 Å². The number of amides is 1. The number of aliphatic hydroxyl groups is 1. The summed E-state index contributed by atoms with van der Waals surface area (Å²) in [7, 11) is -0.915. The number of carbonyl (C=O) groups excluding carboxylic acids is 1. The molecule has 1 aliphatic heterocycles. The van der Waals surface area contributed by atoms with Crippen LogP contribution in [-0.4, -0.2) is 45.6 Å². The number of piperidine rings is 1. The highest BCUT2D eigenvalue weighted by molar-refractivity contribution is 7.83. The first-order valence-electron chi connectivity index (χ1n) is 7.32. The zero-order chi connectivity index (χ0) is 15.4. The minimum atomic E-state index is -0.915. The standard InChI is InChI=1S/C16H23NO3S/c1-12-6-7-14(10-18)9-17(12)16(19)15-5-3-4-13(8-15)11-21(2)20/h3-5,8,12,14,18H,6-7,9-11H2,1-2H3. The van der Waals surface area contributed by atoms with Crippen LogP contribution in [0.25, 0.3) is 0 Å². The van der Waals surface area contributed by atoms with Crippen molar-refractivity contribution in [3.63, 3.8) is 0 Å². The minimum Gasteiger partial charge on any atom is -0.396 e. The second-order valence-corrected chi connectivity index (χ2v) is 7.29. The van der Waals surface area contributed by atoms with Crippen molar-refractivity contribution in [3.8, 4) is 0 Å². The van der Waals surface area contributed by atoms with Crippen LogP contribution in [0.15, 0.2) is 24.3 Å². The third kappa shape index (κ3) is 4.14. The van der Waals surface area contributed by atoms with E-state index < -0.39 is 10.8 Å². The van der Waals surface area contributed by atoms with E-state index in [4.69, 9.17) is 0 Å². The van der Waals surface area contributed by atoms with Crippen LogP contribution in [0.4, 0.5) is 0 Å². The lowest BCUT2D eigenvalue weighted by molar-refractivity contribution is 0.0489. The number of likely N-dealkylation sites (tertiary alicyclic amines) is 1. The molecule has 0 radical (unpaired) electrons. The average molecular weight is 309 g/mol. The number of nitrogens with zero attached hydrogens (tertiary/aromatic N) is 1. The van der Waals surface area contributed by atoms with E-state index in [-0.39, 0.29) is 24.5 Å². The van der Waals surface area contributed by atoms with Gasteiger partial charge in [0, 0.05) is 47.6 Å². The van der Waals surface area contributed by atoms with Gasteiger partial charge in [0.05, 0.1) is 0 Å². The Kier molecular flexibility index (Phi) is 5.53. The summed E-state index contributed by atoms with van der Waals surface area (Å²) in [5, 5.41) is 9.32. The third-order valence-corrected chi connectivity index (χ3v) is 4.78. The fourth-order valence-electron chi connectivity index (χ4n) is 2.81. The molecule has 0 aliphatic carbocycles. The van der Waals surface area contributed by atoms with Gasteiger partial charge >= 0.3 is 0 Å². The molecule has 1 aromatic rings. The molecule has 3 atom stereocenters. The molecule has 0 spiro atoms. The predicted molar refractivity (Wildman–Crippen MR) is 84.5 cm³/mol. The van der Waals surface area contributed by atoms with Gasteiger partial charge in [-0.15, -0.1) is 0 Å². The maximum atomic E-state index is 12.7. The molecule has 1 saturated heterocycles. The Morgan fingerprint density at radius 1 is 1.43 bits per heavy atom. The van der Waals surface area contributed by atoms with Gasteiger partial charge in [-0.1, -0.05) is 12.1 Å². The molecule has 0 bridgehead atoms. The van der Waals surface area contributed by atoms with Crippen LogP contribution in [0, 0.1) is 5.92 Å². The maximum absolute atomic E-state index is 12.7. The summed E-state index contributed by atoms with van der Waals surface area (Å²) in [5.41, 5.74) is 1.56. The molecule has 1 amide bonds. The van der Waals surface area contributed by atoms with Gasteiger partial charge in [0.1, 0.15) is 0 Å². The number of carbonyl (C=O) groups is 1. The molecule has 1 aliphatic rings. The Morgan fingerprint density at radius 2 is 2.19 bits per heavy atom. The van der Waals surface area contributed by atoms with Crippen molar-refractivity contribution in [2.75, 3.05) is 19.4 Å². The van der Waals surface area contributed by atoms with Crippen molar-refractivity contribution in [1.82, 2.24) is 4.90 Å². The molecule has 21 heavy (non-hydrogen) atoms. The topological polar surface area (TPSA) is 57.6 Å². The van der Waals surface area contributed by atoms with Crippen LogP contribution in [0.2, 0.25) is 0 Å². The van der Waals surface area contributed by atoms with Crippen molar-refractivity contribution < 1.29 is 14.1 Å². The van der Waals surface area contributed by atoms with Crippen LogP contribution in [-0.2, 0) is 16.6 Å². The summed E-state index contributed by atoms with van der Waals surface area (Å²) >= 11 is 0. The molecule has 0 saturated carbocycles. The summed E-state index contributed by atoms with van der Waals surface area (Å²) in [5.74, 6) is 0.650. The molecule has 1 fully saturated rings. The Hall–Kier alpha value is -1.20. The molecular formula is C16H23NO3S. The highest BCUT2D eigenvalue weighted by Crippen LogP contribution is 2.23. The maximum Gasteiger partial charge on any atom is 0.254 e. The number of hydrogen-bond acceptors (Lipinski definition) is 3. The summed E-state index contributed by atoms with van der Waals surface area (Å²) in [4.78, 5) is 14.5. The van der Waals surface area contributed by atoms with Crippen LogP contribution in [0.5, 0.6) is 0 Å². The summed E-state index contributed by atoms with van der Waals surface area (Å²) in [6.45, 7) is 2.79. The van der Waals surface area contributed by atoms with Crippen molar-refractivity contribution in [2.24, 2.45) is 5.92 Å². The van der Waals surface area contributed by atoms with E-state index in [1.165, 1.54) is 0 Å². The monoisotopic (exact) mass is 309 g/mol. The molecule has 3 unspecified atom stereocenters. The summed E-state index contributed by atoms with van der Waals surface area (Å²) in [6.07, 6.45) is 3.55. The van der Waals surface area contributed by atoms with Crippen LogP contribution < -0.4 is 0 Å². The van der Waals surface area contributed by atoms with Gasteiger partial charge in [0.2, 0.25) is 0 Å². The predicted octanol–water partition coefficient (Wildman–Crippen LogP) is 1.80. The highest BCUT2D eigenvalue weighted by atomic mass is 32.2. The molecular weight excluding hydrogens is 286 g/mol. The number of rotatable bonds is 4. The van der Waals surface area contributed by atoms with E-state index in [1.54, 1.807) is 12.3 Å². The quantitative estimate of drug-likeness (QED) is 0.922. The van der Waals surface area contributed by atoms with E-state index in [0.29, 0.717) is 17.9 Å². The smallest absolute Gasteiger partial charge is 0.254 e. The first-order valence-corrected chi connectivity index (χ1v) is 9.04. The lowest BCUT2D eigenvalue weighted by atomic mass is 9.93. The van der Waals surface area contributed by atoms with Gasteiger partial charge in [-0.3, -0.25) is 9.00 Å². The molecule has 116 valence electrons. The van der Waals surface area contributed by atoms with Crippen molar-refractivity contribution >= 4 is 16.7 Å². The van der Waals surface area contributed by atoms with Gasteiger partial charge in [-0.2, -0.15) is 0 Å². The Balaban J connectivity index is 2.16. The normalized spacial score (nSPS) is 23.9. The van der Waals surface area contributed by atoms with Crippen molar-refractivity contribution in [3.05, 3.63) is 35.4 Å². The molecule has 1 aromatic carbocycles.